The molecule has 6 N–H and O–H groups in total. The van der Waals surface area contributed by atoms with Crippen molar-refractivity contribution in [2.75, 3.05) is 13.2 Å². The Kier molecular flexibility index (Phi) is 34.4. The molecule has 0 bridgehead atoms. The van der Waals surface area contributed by atoms with Crippen LogP contribution in [0.3, 0.4) is 0 Å². The van der Waals surface area contributed by atoms with E-state index in [1.54, 1.807) is 0 Å². The van der Waals surface area contributed by atoms with Gasteiger partial charge >= 0.3 is 19.8 Å². The zero-order valence-corrected chi connectivity index (χ0v) is 38.3. The monoisotopic (exact) mass is 895 g/mol. The molecule has 14 heteroatoms. The fourth-order valence-electron chi connectivity index (χ4n) is 6.31. The molecule has 0 aliphatic heterocycles. The van der Waals surface area contributed by atoms with Gasteiger partial charge in [0.1, 0.15) is 43.2 Å². The molecule has 13 nitrogen and oxygen atoms in total. The maximum atomic E-state index is 12.8. The summed E-state index contributed by atoms with van der Waals surface area (Å²) in [6.45, 7) is 3.09. The van der Waals surface area contributed by atoms with Crippen LogP contribution in [0.25, 0.3) is 0 Å². The first kappa shape index (κ1) is 57.0. The van der Waals surface area contributed by atoms with Gasteiger partial charge in [0.2, 0.25) is 0 Å². The molecule has 0 aromatic carbocycles. The molecule has 8 atom stereocenters. The number of ether oxygens (including phenoxy) is 2. The van der Waals surface area contributed by atoms with Crippen LogP contribution in [0.5, 0.6) is 0 Å². The molecule has 0 aromatic rings. The number of aliphatic hydroxyl groups is 5. The number of allylic oxidation sites excluding steroid dienone is 14. The summed E-state index contributed by atoms with van der Waals surface area (Å²) < 4.78 is 33.4. The lowest BCUT2D eigenvalue weighted by atomic mass is 9.85. The van der Waals surface area contributed by atoms with E-state index in [-0.39, 0.29) is 12.8 Å². The Morgan fingerprint density at radius 1 is 0.516 bits per heavy atom. The number of unbranched alkanes of at least 4 members (excludes halogenated alkanes) is 10. The predicted molar refractivity (Wildman–Crippen MR) is 244 cm³/mol. The van der Waals surface area contributed by atoms with Gasteiger partial charge < -0.3 is 39.9 Å². The second-order valence-electron chi connectivity index (χ2n) is 15.5. The van der Waals surface area contributed by atoms with Crippen molar-refractivity contribution in [3.05, 3.63) is 85.1 Å². The molecule has 1 aliphatic rings. The van der Waals surface area contributed by atoms with E-state index in [4.69, 9.17) is 18.5 Å². The third kappa shape index (κ3) is 29.4. The molecule has 0 spiro atoms. The second-order valence-corrected chi connectivity index (χ2v) is 16.9. The lowest BCUT2D eigenvalue weighted by Crippen LogP contribution is -2.64. The molecular formula is C48H79O13P. The summed E-state index contributed by atoms with van der Waals surface area (Å²) >= 11 is 0. The molecule has 0 amide bonds. The third-order valence-electron chi connectivity index (χ3n) is 9.98. The van der Waals surface area contributed by atoms with Gasteiger partial charge in [-0.05, 0) is 77.0 Å². The van der Waals surface area contributed by atoms with Gasteiger partial charge in [0.25, 0.3) is 0 Å². The van der Waals surface area contributed by atoms with E-state index in [2.05, 4.69) is 80.7 Å². The van der Waals surface area contributed by atoms with E-state index < -0.39 is 75.7 Å². The second kappa shape index (κ2) is 37.4. The number of phosphoric acid groups is 1. The summed E-state index contributed by atoms with van der Waals surface area (Å²) in [5, 5.41) is 50.1. The number of esters is 2. The Labute approximate surface area is 371 Å². The number of phosphoric ester groups is 1. The Hall–Kier alpha value is -2.97. The number of rotatable bonds is 36. The molecule has 62 heavy (non-hydrogen) atoms. The van der Waals surface area contributed by atoms with Crippen molar-refractivity contribution in [3.8, 4) is 0 Å². The van der Waals surface area contributed by atoms with Gasteiger partial charge in [-0.3, -0.25) is 18.6 Å². The predicted octanol–water partition coefficient (Wildman–Crippen LogP) is 8.89. The molecule has 0 saturated heterocycles. The molecule has 354 valence electrons. The minimum absolute atomic E-state index is 0.0344. The average Bonchev–Trinajstić information content (AvgIpc) is 3.25. The Balaban J connectivity index is 2.54. The maximum Gasteiger partial charge on any atom is 0.472 e. The number of carbonyl (C=O) groups excluding carboxylic acids is 2. The number of aliphatic hydroxyl groups excluding tert-OH is 5. The highest BCUT2D eigenvalue weighted by Crippen LogP contribution is 2.47. The first-order valence-corrected chi connectivity index (χ1v) is 24.4. The Bertz CT molecular complexity index is 1400. The molecule has 1 rings (SSSR count). The standard InChI is InChI=1S/C48H79O13P/c1-3-5-7-9-11-13-15-17-19-20-21-22-23-25-27-29-31-33-35-37-42(50)60-40(39-59-62(56,57)61-48-46(54)44(52)43(51)45(53)47(48)55)38-58-41(49)36-34-32-30-28-26-24-18-16-14-12-10-8-6-4-2/h5,7,11,13,16-19,21-22,25,27,31,33,40,43-48,51-55H,3-4,6,8-10,12,14-15,20,23-24,26,28-30,32,34-39H2,1-2H3,(H,56,57)/b7-5-,13-11-,18-16-,19-17-,22-21-,27-25-,33-31-/t40-,43?,44-,45?,46?,47?,48?/m1/s1. The zero-order chi connectivity index (χ0) is 45.7. The highest BCUT2D eigenvalue weighted by molar-refractivity contribution is 7.47. The lowest BCUT2D eigenvalue weighted by molar-refractivity contribution is -0.220. The zero-order valence-electron chi connectivity index (χ0n) is 37.4. The highest BCUT2D eigenvalue weighted by Gasteiger charge is 2.51. The van der Waals surface area contributed by atoms with Gasteiger partial charge in [0.15, 0.2) is 6.10 Å². The van der Waals surface area contributed by atoms with E-state index in [1.165, 1.54) is 32.1 Å². The SMILES string of the molecule is CC/C=C\C/C=C\C/C=C\C/C=C\C/C=C\C/C=C\CCC(=O)O[C@H](COC(=O)CCCCCCC/C=C\CCCCCCC)COP(=O)(O)OC1C(O)C(O)C(O)[C@@H](O)C1O. The first-order valence-electron chi connectivity index (χ1n) is 22.9. The normalized spacial score (nSPS) is 22.6. The molecular weight excluding hydrogens is 815 g/mol. The van der Waals surface area contributed by atoms with E-state index in [0.717, 1.165) is 70.6 Å². The molecule has 0 aromatic heterocycles. The van der Waals surface area contributed by atoms with Crippen molar-refractivity contribution in [1.82, 2.24) is 0 Å². The van der Waals surface area contributed by atoms with Crippen molar-refractivity contribution in [2.24, 2.45) is 0 Å². The fourth-order valence-corrected chi connectivity index (χ4v) is 7.28. The lowest BCUT2D eigenvalue weighted by Gasteiger charge is -2.41. The van der Waals surface area contributed by atoms with E-state index in [1.807, 2.05) is 18.2 Å². The highest BCUT2D eigenvalue weighted by atomic mass is 31.2. The quantitative estimate of drug-likeness (QED) is 0.0150. The summed E-state index contributed by atoms with van der Waals surface area (Å²) in [5.41, 5.74) is 0. The number of hydrogen-bond donors (Lipinski definition) is 6. The largest absolute Gasteiger partial charge is 0.472 e. The van der Waals surface area contributed by atoms with Crippen LogP contribution >= 0.6 is 7.82 Å². The van der Waals surface area contributed by atoms with Gasteiger partial charge in [-0.1, -0.05) is 144 Å². The van der Waals surface area contributed by atoms with Crippen LogP contribution in [0.1, 0.15) is 149 Å². The van der Waals surface area contributed by atoms with Crippen LogP contribution in [0, 0.1) is 0 Å². The fraction of sp³-hybridized carbons (Fsp3) is 0.667. The maximum absolute atomic E-state index is 12.8. The summed E-state index contributed by atoms with van der Waals surface area (Å²) in [4.78, 5) is 35.6. The third-order valence-corrected chi connectivity index (χ3v) is 11.0. The van der Waals surface area contributed by atoms with Crippen LogP contribution in [0.4, 0.5) is 0 Å². The van der Waals surface area contributed by atoms with Crippen LogP contribution < -0.4 is 0 Å². The summed E-state index contributed by atoms with van der Waals surface area (Å²) in [6.07, 6.45) is 35.1. The number of carbonyl (C=O) groups is 2. The summed E-state index contributed by atoms with van der Waals surface area (Å²) in [6, 6.07) is 0. The van der Waals surface area contributed by atoms with Gasteiger partial charge in [-0.15, -0.1) is 0 Å². The van der Waals surface area contributed by atoms with Gasteiger partial charge in [-0.25, -0.2) is 4.57 Å². The Morgan fingerprint density at radius 3 is 1.47 bits per heavy atom. The van der Waals surface area contributed by atoms with Crippen molar-refractivity contribution >= 4 is 19.8 Å². The molecule has 1 saturated carbocycles. The smallest absolute Gasteiger partial charge is 0.462 e. The van der Waals surface area contributed by atoms with Crippen LogP contribution in [0.2, 0.25) is 0 Å². The first-order chi connectivity index (χ1) is 29.9. The Morgan fingerprint density at radius 2 is 0.952 bits per heavy atom. The summed E-state index contributed by atoms with van der Waals surface area (Å²) in [5.74, 6) is -1.22. The molecule has 1 aliphatic carbocycles. The molecule has 0 heterocycles. The van der Waals surface area contributed by atoms with Crippen molar-refractivity contribution in [1.29, 1.82) is 0 Å². The van der Waals surface area contributed by atoms with Gasteiger partial charge in [0.05, 0.1) is 6.61 Å². The van der Waals surface area contributed by atoms with Crippen LogP contribution in [0.15, 0.2) is 85.1 Å². The molecule has 0 radical (unpaired) electrons. The van der Waals surface area contributed by atoms with Gasteiger partial charge in [0, 0.05) is 12.8 Å². The summed E-state index contributed by atoms with van der Waals surface area (Å²) in [7, 11) is -5.14. The molecule has 6 unspecified atom stereocenters. The van der Waals surface area contributed by atoms with Crippen molar-refractivity contribution in [3.63, 3.8) is 0 Å². The average molecular weight is 895 g/mol. The topological polar surface area (TPSA) is 210 Å². The number of hydrogen-bond acceptors (Lipinski definition) is 12. The minimum Gasteiger partial charge on any atom is -0.462 e. The van der Waals surface area contributed by atoms with E-state index in [9.17, 15) is 44.6 Å². The minimum atomic E-state index is -5.14. The van der Waals surface area contributed by atoms with Crippen LogP contribution in [-0.2, 0) is 32.7 Å². The van der Waals surface area contributed by atoms with Crippen molar-refractivity contribution in [2.45, 2.75) is 191 Å². The van der Waals surface area contributed by atoms with Gasteiger partial charge in [-0.2, -0.15) is 0 Å². The van der Waals surface area contributed by atoms with Crippen LogP contribution in [-0.4, -0.2) is 98.3 Å². The molecule has 1 fully saturated rings. The van der Waals surface area contributed by atoms with E-state index in [0.29, 0.717) is 19.3 Å². The van der Waals surface area contributed by atoms with Crippen molar-refractivity contribution < 1.29 is 63.1 Å². The van der Waals surface area contributed by atoms with E-state index >= 15 is 0 Å².